The van der Waals surface area contributed by atoms with Crippen LogP contribution in [0.1, 0.15) is 11.4 Å². The number of piperazine rings is 1. The SMILES string of the molecule is O=C(N(Cl)Cc1ccccc1)N1CCN(c2nc(CCl)nc3ccc(-c4ccc(F)cc4)nc23)CC1. The van der Waals surface area contributed by atoms with Gasteiger partial charge in [-0.25, -0.2) is 28.6 Å². The van der Waals surface area contributed by atoms with Crippen LogP contribution in [-0.4, -0.2) is 56.5 Å². The van der Waals surface area contributed by atoms with E-state index in [9.17, 15) is 9.18 Å². The smallest absolute Gasteiger partial charge is 0.335 e. The van der Waals surface area contributed by atoms with E-state index in [2.05, 4.69) is 14.9 Å². The van der Waals surface area contributed by atoms with E-state index in [0.29, 0.717) is 61.1 Å². The standard InChI is InChI=1S/C26H23Cl2FN6O/c27-16-23-30-22-11-10-21(19-6-8-20(29)9-7-19)31-24(22)25(32-23)33-12-14-34(15-13-33)26(36)35(28)17-18-4-2-1-3-5-18/h1-11H,12-17H2. The minimum Gasteiger partial charge on any atom is -0.351 e. The molecular formula is C26H23Cl2FN6O. The molecule has 1 aliphatic rings. The van der Waals surface area contributed by atoms with Crippen LogP contribution in [0.2, 0.25) is 0 Å². The summed E-state index contributed by atoms with van der Waals surface area (Å²) in [6.45, 7) is 2.40. The van der Waals surface area contributed by atoms with Crippen molar-refractivity contribution in [2.75, 3.05) is 31.1 Å². The zero-order valence-corrected chi connectivity index (χ0v) is 20.8. The van der Waals surface area contributed by atoms with Crippen LogP contribution in [0.25, 0.3) is 22.3 Å². The number of anilines is 1. The van der Waals surface area contributed by atoms with Gasteiger partial charge in [0, 0.05) is 43.5 Å². The Morgan fingerprint density at radius 3 is 2.33 bits per heavy atom. The van der Waals surface area contributed by atoms with Crippen molar-refractivity contribution in [1.29, 1.82) is 0 Å². The van der Waals surface area contributed by atoms with Gasteiger partial charge >= 0.3 is 6.03 Å². The number of hydrogen-bond donors (Lipinski definition) is 0. The Kier molecular flexibility index (Phi) is 7.16. The van der Waals surface area contributed by atoms with Crippen LogP contribution < -0.4 is 4.90 Å². The first-order valence-corrected chi connectivity index (χ1v) is 12.4. The molecule has 0 N–H and O–H groups in total. The van der Waals surface area contributed by atoms with Gasteiger partial charge in [-0.2, -0.15) is 0 Å². The highest BCUT2D eigenvalue weighted by molar-refractivity contribution is 6.20. The Bertz CT molecular complexity index is 1360. The quantitative estimate of drug-likeness (QED) is 0.256. The molecule has 7 nitrogen and oxygen atoms in total. The second-order valence-electron chi connectivity index (χ2n) is 8.43. The lowest BCUT2D eigenvalue weighted by Gasteiger charge is -2.36. The van der Waals surface area contributed by atoms with Crippen molar-refractivity contribution in [2.24, 2.45) is 0 Å². The molecule has 4 aromatic rings. The largest absolute Gasteiger partial charge is 0.351 e. The molecule has 2 aromatic carbocycles. The van der Waals surface area contributed by atoms with E-state index < -0.39 is 0 Å². The first-order valence-electron chi connectivity index (χ1n) is 11.5. The lowest BCUT2D eigenvalue weighted by molar-refractivity contribution is 0.174. The number of halogens is 3. The molecule has 0 aliphatic carbocycles. The zero-order valence-electron chi connectivity index (χ0n) is 19.3. The molecule has 0 radical (unpaired) electrons. The number of pyridine rings is 1. The fourth-order valence-corrected chi connectivity index (χ4v) is 4.55. The van der Waals surface area contributed by atoms with Crippen molar-refractivity contribution < 1.29 is 9.18 Å². The maximum Gasteiger partial charge on any atom is 0.335 e. The molecule has 2 aromatic heterocycles. The van der Waals surface area contributed by atoms with E-state index in [0.717, 1.165) is 11.1 Å². The summed E-state index contributed by atoms with van der Waals surface area (Å²) in [5.41, 5.74) is 3.76. The topological polar surface area (TPSA) is 65.5 Å². The number of hydrogen-bond acceptors (Lipinski definition) is 5. The molecule has 5 rings (SSSR count). The number of aromatic nitrogens is 3. The Morgan fingerprint density at radius 2 is 1.64 bits per heavy atom. The lowest BCUT2D eigenvalue weighted by atomic mass is 10.1. The van der Waals surface area contributed by atoms with E-state index >= 15 is 0 Å². The van der Waals surface area contributed by atoms with Crippen LogP contribution >= 0.6 is 23.4 Å². The third-order valence-electron chi connectivity index (χ3n) is 6.05. The molecule has 0 spiro atoms. The summed E-state index contributed by atoms with van der Waals surface area (Å²) in [5, 5.41) is 0. The van der Waals surface area contributed by atoms with Crippen LogP contribution in [0.5, 0.6) is 0 Å². The molecule has 0 unspecified atom stereocenters. The van der Waals surface area contributed by atoms with Gasteiger partial charge in [0.1, 0.15) is 17.2 Å². The Balaban J connectivity index is 1.36. The highest BCUT2D eigenvalue weighted by Crippen LogP contribution is 2.28. The Labute approximate surface area is 218 Å². The Morgan fingerprint density at radius 1 is 0.917 bits per heavy atom. The van der Waals surface area contributed by atoms with E-state index in [-0.39, 0.29) is 17.7 Å². The third kappa shape index (κ3) is 5.20. The van der Waals surface area contributed by atoms with Gasteiger partial charge in [0.2, 0.25) is 0 Å². The van der Waals surface area contributed by atoms with Crippen molar-refractivity contribution in [2.45, 2.75) is 12.4 Å². The summed E-state index contributed by atoms with van der Waals surface area (Å²) in [6.07, 6.45) is 0. The molecule has 1 saturated heterocycles. The molecular weight excluding hydrogens is 502 g/mol. The van der Waals surface area contributed by atoms with Gasteiger partial charge in [0.05, 0.1) is 23.6 Å². The highest BCUT2D eigenvalue weighted by atomic mass is 35.5. The molecule has 10 heteroatoms. The van der Waals surface area contributed by atoms with Gasteiger partial charge in [0.15, 0.2) is 5.82 Å². The molecule has 0 atom stereocenters. The maximum absolute atomic E-state index is 13.4. The maximum atomic E-state index is 13.4. The summed E-state index contributed by atoms with van der Waals surface area (Å²) in [6, 6.07) is 19.3. The average Bonchev–Trinajstić information content (AvgIpc) is 2.93. The second kappa shape index (κ2) is 10.6. The fraction of sp³-hybridized carbons (Fsp3) is 0.231. The van der Waals surface area contributed by atoms with Crippen molar-refractivity contribution in [3.05, 3.63) is 83.9 Å². The molecule has 0 bridgehead atoms. The van der Waals surface area contributed by atoms with E-state index in [1.54, 1.807) is 17.0 Å². The summed E-state index contributed by atoms with van der Waals surface area (Å²) in [7, 11) is 0. The van der Waals surface area contributed by atoms with Gasteiger partial charge in [-0.3, -0.25) is 0 Å². The zero-order chi connectivity index (χ0) is 25.1. The van der Waals surface area contributed by atoms with Crippen molar-refractivity contribution in [3.63, 3.8) is 0 Å². The fourth-order valence-electron chi connectivity index (χ4n) is 4.18. The second-order valence-corrected chi connectivity index (χ2v) is 9.11. The number of carbonyl (C=O) groups is 1. The van der Waals surface area contributed by atoms with Crippen LogP contribution in [0.15, 0.2) is 66.7 Å². The first kappa shape index (κ1) is 24.2. The summed E-state index contributed by atoms with van der Waals surface area (Å²) >= 11 is 12.4. The van der Waals surface area contributed by atoms with E-state index in [4.69, 9.17) is 28.4 Å². The van der Waals surface area contributed by atoms with Crippen LogP contribution in [0.4, 0.5) is 15.0 Å². The number of carbonyl (C=O) groups excluding carboxylic acids is 1. The number of amides is 2. The number of urea groups is 1. The molecule has 2 amide bonds. The monoisotopic (exact) mass is 524 g/mol. The van der Waals surface area contributed by atoms with Gasteiger partial charge in [-0.1, -0.05) is 30.3 Å². The summed E-state index contributed by atoms with van der Waals surface area (Å²) in [4.78, 5) is 30.7. The predicted molar refractivity (Wildman–Crippen MR) is 139 cm³/mol. The predicted octanol–water partition coefficient (Wildman–Crippen LogP) is 5.47. The number of nitrogens with zero attached hydrogens (tertiary/aromatic N) is 6. The molecule has 1 fully saturated rings. The van der Waals surface area contributed by atoms with Crippen molar-refractivity contribution in [3.8, 4) is 11.3 Å². The first-order chi connectivity index (χ1) is 17.5. The lowest BCUT2D eigenvalue weighted by Crippen LogP contribution is -2.51. The number of fused-ring (bicyclic) bond motifs is 1. The van der Waals surface area contributed by atoms with E-state index in [1.165, 1.54) is 16.6 Å². The summed E-state index contributed by atoms with van der Waals surface area (Å²) < 4.78 is 14.6. The number of alkyl halides is 1. The molecule has 1 aliphatic heterocycles. The van der Waals surface area contributed by atoms with Crippen LogP contribution in [0, 0.1) is 5.82 Å². The molecule has 3 heterocycles. The van der Waals surface area contributed by atoms with Crippen molar-refractivity contribution >= 4 is 46.3 Å². The average molecular weight is 525 g/mol. The van der Waals surface area contributed by atoms with Gasteiger partial charge < -0.3 is 9.80 Å². The molecule has 0 saturated carbocycles. The minimum absolute atomic E-state index is 0.168. The van der Waals surface area contributed by atoms with Gasteiger partial charge in [0.25, 0.3) is 0 Å². The number of rotatable bonds is 5. The molecule has 184 valence electrons. The molecule has 36 heavy (non-hydrogen) atoms. The normalized spacial score (nSPS) is 13.8. The summed E-state index contributed by atoms with van der Waals surface area (Å²) in [5.74, 6) is 1.03. The van der Waals surface area contributed by atoms with E-state index in [1.807, 2.05) is 42.5 Å². The van der Waals surface area contributed by atoms with Crippen molar-refractivity contribution in [1.82, 2.24) is 24.3 Å². The highest BCUT2D eigenvalue weighted by Gasteiger charge is 2.27. The Hall–Kier alpha value is -3.49. The van der Waals surface area contributed by atoms with Gasteiger partial charge in [-0.05, 0) is 42.0 Å². The van der Waals surface area contributed by atoms with Crippen LogP contribution in [0.3, 0.4) is 0 Å². The third-order valence-corrected chi connectivity index (χ3v) is 6.55. The number of benzene rings is 2. The van der Waals surface area contributed by atoms with Gasteiger partial charge in [-0.15, -0.1) is 11.6 Å². The van der Waals surface area contributed by atoms with Crippen LogP contribution in [-0.2, 0) is 12.4 Å². The minimum atomic E-state index is -0.304.